The molecule has 1 amide bonds. The first-order valence-electron chi connectivity index (χ1n) is 8.52. The van der Waals surface area contributed by atoms with E-state index in [0.717, 1.165) is 58.7 Å². The lowest BCUT2D eigenvalue weighted by Gasteiger charge is -2.25. The predicted octanol–water partition coefficient (Wildman–Crippen LogP) is 1.09. The third-order valence-electron chi connectivity index (χ3n) is 4.67. The number of piperidine rings is 1. The van der Waals surface area contributed by atoms with Gasteiger partial charge in [-0.3, -0.25) is 9.69 Å². The van der Waals surface area contributed by atoms with Crippen LogP contribution in [0.2, 0.25) is 0 Å². The van der Waals surface area contributed by atoms with Crippen molar-refractivity contribution in [3.05, 3.63) is 0 Å². The van der Waals surface area contributed by atoms with Gasteiger partial charge in [0.25, 0.3) is 0 Å². The van der Waals surface area contributed by atoms with Gasteiger partial charge in [-0.1, -0.05) is 6.42 Å². The fourth-order valence-corrected chi connectivity index (χ4v) is 3.29. The van der Waals surface area contributed by atoms with E-state index in [1.54, 1.807) is 7.11 Å². The predicted molar refractivity (Wildman–Crippen MR) is 84.4 cm³/mol. The van der Waals surface area contributed by atoms with Gasteiger partial charge in [0.05, 0.1) is 6.61 Å². The minimum atomic E-state index is 0.343. The topological polar surface area (TPSA) is 44.8 Å². The number of carbonyl (C=O) groups is 1. The molecule has 2 aliphatic heterocycles. The minimum absolute atomic E-state index is 0.343. The van der Waals surface area contributed by atoms with Crippen molar-refractivity contribution in [3.63, 3.8) is 0 Å². The van der Waals surface area contributed by atoms with Crippen LogP contribution in [0.4, 0.5) is 0 Å². The Labute approximate surface area is 129 Å². The lowest BCUT2D eigenvalue weighted by molar-refractivity contribution is -0.131. The molecule has 1 unspecified atom stereocenters. The molecule has 0 radical (unpaired) electrons. The molecule has 0 aliphatic carbocycles. The summed E-state index contributed by atoms with van der Waals surface area (Å²) in [6.45, 7) is 6.73. The van der Waals surface area contributed by atoms with Crippen LogP contribution in [-0.2, 0) is 9.53 Å². The van der Waals surface area contributed by atoms with Crippen LogP contribution < -0.4 is 5.32 Å². The SMILES string of the molecule is COCCN1CCCN(C(=O)CCC2CCCCN2)CC1. The zero-order valence-corrected chi connectivity index (χ0v) is 13.5. The van der Waals surface area contributed by atoms with E-state index in [-0.39, 0.29) is 0 Å². The lowest BCUT2D eigenvalue weighted by atomic mass is 10.0. The second-order valence-corrected chi connectivity index (χ2v) is 6.25. The largest absolute Gasteiger partial charge is 0.383 e. The Morgan fingerprint density at radius 3 is 2.86 bits per heavy atom. The van der Waals surface area contributed by atoms with Gasteiger partial charge in [-0.15, -0.1) is 0 Å². The molecule has 0 aromatic heterocycles. The first-order valence-corrected chi connectivity index (χ1v) is 8.52. The highest BCUT2D eigenvalue weighted by Gasteiger charge is 2.20. The summed E-state index contributed by atoms with van der Waals surface area (Å²) >= 11 is 0. The van der Waals surface area contributed by atoms with Gasteiger partial charge >= 0.3 is 0 Å². The van der Waals surface area contributed by atoms with Gasteiger partial charge in [-0.05, 0) is 38.8 Å². The van der Waals surface area contributed by atoms with E-state index < -0.39 is 0 Å². The summed E-state index contributed by atoms with van der Waals surface area (Å²) in [7, 11) is 1.74. The summed E-state index contributed by atoms with van der Waals surface area (Å²) in [4.78, 5) is 16.8. The molecule has 0 aromatic rings. The second kappa shape index (κ2) is 9.38. The average Bonchev–Trinajstić information content (AvgIpc) is 2.77. The van der Waals surface area contributed by atoms with Crippen molar-refractivity contribution in [2.45, 2.75) is 44.6 Å². The normalized spacial score (nSPS) is 24.8. The first-order chi connectivity index (χ1) is 10.3. The maximum Gasteiger partial charge on any atom is 0.222 e. The molecule has 2 saturated heterocycles. The zero-order chi connectivity index (χ0) is 14.9. The van der Waals surface area contributed by atoms with Crippen molar-refractivity contribution < 1.29 is 9.53 Å². The van der Waals surface area contributed by atoms with Crippen LogP contribution in [-0.4, -0.2) is 74.7 Å². The summed E-state index contributed by atoms with van der Waals surface area (Å²) in [6.07, 6.45) is 6.62. The number of nitrogens with zero attached hydrogens (tertiary/aromatic N) is 2. The summed E-state index contributed by atoms with van der Waals surface area (Å²) in [5.41, 5.74) is 0. The van der Waals surface area contributed by atoms with Crippen molar-refractivity contribution in [2.75, 3.05) is 53.0 Å². The Bertz CT molecular complexity index is 306. The Balaban J connectivity index is 1.67. The van der Waals surface area contributed by atoms with Gasteiger partial charge in [0.1, 0.15) is 0 Å². The quantitative estimate of drug-likeness (QED) is 0.797. The molecule has 21 heavy (non-hydrogen) atoms. The van der Waals surface area contributed by atoms with E-state index in [1.807, 2.05) is 0 Å². The molecule has 1 N–H and O–H groups in total. The van der Waals surface area contributed by atoms with E-state index in [4.69, 9.17) is 4.74 Å². The van der Waals surface area contributed by atoms with Crippen LogP contribution in [0.5, 0.6) is 0 Å². The van der Waals surface area contributed by atoms with Gasteiger partial charge in [-0.25, -0.2) is 0 Å². The minimum Gasteiger partial charge on any atom is -0.383 e. The Hall–Kier alpha value is -0.650. The molecule has 0 aromatic carbocycles. The molecule has 5 heteroatoms. The number of hydrogen-bond donors (Lipinski definition) is 1. The average molecular weight is 297 g/mol. The number of amides is 1. The van der Waals surface area contributed by atoms with Gasteiger partial charge in [-0.2, -0.15) is 0 Å². The number of carbonyl (C=O) groups excluding carboxylic acids is 1. The number of ether oxygens (including phenoxy) is 1. The highest BCUT2D eigenvalue weighted by molar-refractivity contribution is 5.76. The Morgan fingerprint density at radius 1 is 1.19 bits per heavy atom. The maximum absolute atomic E-state index is 12.4. The molecule has 0 bridgehead atoms. The van der Waals surface area contributed by atoms with Crippen LogP contribution in [0.15, 0.2) is 0 Å². The summed E-state index contributed by atoms with van der Waals surface area (Å²) in [6, 6.07) is 0.563. The molecular formula is C16H31N3O2. The van der Waals surface area contributed by atoms with E-state index >= 15 is 0 Å². The van der Waals surface area contributed by atoms with Gasteiger partial charge in [0.15, 0.2) is 0 Å². The number of rotatable bonds is 6. The van der Waals surface area contributed by atoms with Crippen molar-refractivity contribution in [3.8, 4) is 0 Å². The molecule has 0 spiro atoms. The molecule has 2 rings (SSSR count). The summed E-state index contributed by atoms with van der Waals surface area (Å²) in [5.74, 6) is 0.343. The fourth-order valence-electron chi connectivity index (χ4n) is 3.29. The van der Waals surface area contributed by atoms with Gasteiger partial charge in [0.2, 0.25) is 5.91 Å². The van der Waals surface area contributed by atoms with Crippen LogP contribution >= 0.6 is 0 Å². The highest BCUT2D eigenvalue weighted by Crippen LogP contribution is 2.13. The Morgan fingerprint density at radius 2 is 2.10 bits per heavy atom. The third kappa shape index (κ3) is 5.93. The third-order valence-corrected chi connectivity index (χ3v) is 4.67. The summed E-state index contributed by atoms with van der Waals surface area (Å²) < 4.78 is 5.14. The number of methoxy groups -OCH3 is 1. The van der Waals surface area contributed by atoms with E-state index in [1.165, 1.54) is 19.3 Å². The van der Waals surface area contributed by atoms with Crippen LogP contribution in [0, 0.1) is 0 Å². The van der Waals surface area contributed by atoms with E-state index in [9.17, 15) is 4.79 Å². The zero-order valence-electron chi connectivity index (χ0n) is 13.5. The highest BCUT2D eigenvalue weighted by atomic mass is 16.5. The van der Waals surface area contributed by atoms with Crippen molar-refractivity contribution in [1.82, 2.24) is 15.1 Å². The number of hydrogen-bond acceptors (Lipinski definition) is 4. The molecule has 0 saturated carbocycles. The maximum atomic E-state index is 12.4. The van der Waals surface area contributed by atoms with E-state index in [2.05, 4.69) is 15.1 Å². The molecule has 2 heterocycles. The van der Waals surface area contributed by atoms with Crippen molar-refractivity contribution >= 4 is 5.91 Å². The Kier molecular flexibility index (Phi) is 7.47. The fraction of sp³-hybridized carbons (Fsp3) is 0.938. The van der Waals surface area contributed by atoms with Crippen LogP contribution in [0.25, 0.3) is 0 Å². The lowest BCUT2D eigenvalue weighted by Crippen LogP contribution is -2.38. The van der Waals surface area contributed by atoms with Crippen molar-refractivity contribution in [1.29, 1.82) is 0 Å². The van der Waals surface area contributed by atoms with Crippen LogP contribution in [0.1, 0.15) is 38.5 Å². The van der Waals surface area contributed by atoms with Crippen molar-refractivity contribution in [2.24, 2.45) is 0 Å². The van der Waals surface area contributed by atoms with Crippen LogP contribution in [0.3, 0.4) is 0 Å². The molecule has 122 valence electrons. The smallest absolute Gasteiger partial charge is 0.222 e. The van der Waals surface area contributed by atoms with E-state index in [0.29, 0.717) is 18.4 Å². The van der Waals surface area contributed by atoms with Gasteiger partial charge < -0.3 is 15.0 Å². The first kappa shape index (κ1) is 16.7. The molecule has 2 aliphatic rings. The number of nitrogens with one attached hydrogen (secondary N) is 1. The molecule has 1 atom stereocenters. The molecule has 5 nitrogen and oxygen atoms in total. The molecule has 2 fully saturated rings. The van der Waals surface area contributed by atoms with Gasteiger partial charge in [0, 0.05) is 45.8 Å². The molecular weight excluding hydrogens is 266 g/mol. The monoisotopic (exact) mass is 297 g/mol. The summed E-state index contributed by atoms with van der Waals surface area (Å²) in [5, 5.41) is 3.53. The standard InChI is InChI=1S/C16H31N3O2/c1-21-14-13-18-9-4-10-19(12-11-18)16(20)7-6-15-5-2-3-8-17-15/h15,17H,2-14H2,1H3. The second-order valence-electron chi connectivity index (χ2n) is 6.25.